The molecule has 0 saturated heterocycles. The Kier molecular flexibility index (Phi) is 4.65. The normalized spacial score (nSPS) is 12.8. The number of methoxy groups -OCH3 is 1. The minimum atomic E-state index is -4.54. The number of carbonyl (C=O) groups excluding carboxylic acids is 1. The van der Waals surface area contributed by atoms with Gasteiger partial charge in [-0.05, 0) is 24.7 Å². The molecule has 2 N–H and O–H groups in total. The molecule has 0 saturated carbocycles. The summed E-state index contributed by atoms with van der Waals surface area (Å²) >= 11 is 0. The summed E-state index contributed by atoms with van der Waals surface area (Å²) in [5, 5.41) is 2.75. The molecule has 8 heteroatoms. The number of hydrogen-bond acceptors (Lipinski definition) is 6. The van der Waals surface area contributed by atoms with Crippen molar-refractivity contribution in [1.29, 1.82) is 0 Å². The van der Waals surface area contributed by atoms with Crippen LogP contribution in [0.15, 0.2) is 24.3 Å². The summed E-state index contributed by atoms with van der Waals surface area (Å²) in [6, 6.07) is 4.94. The van der Waals surface area contributed by atoms with Gasteiger partial charge in [0.2, 0.25) is 0 Å². The Balaban J connectivity index is 2.91. The van der Waals surface area contributed by atoms with Gasteiger partial charge in [-0.1, -0.05) is 12.1 Å². The minimum absolute atomic E-state index is 0.0547. The lowest BCUT2D eigenvalue weighted by Gasteiger charge is -2.14. The maximum atomic E-state index is 11.4. The van der Waals surface area contributed by atoms with Crippen LogP contribution in [0.2, 0.25) is 0 Å². The lowest BCUT2D eigenvalue weighted by Crippen LogP contribution is -2.26. The van der Waals surface area contributed by atoms with Crippen LogP contribution in [-0.4, -0.2) is 33.1 Å². The summed E-state index contributed by atoms with van der Waals surface area (Å²) in [6.07, 6.45) is 0. The monoisotopic (exact) mass is 275 g/mol. The van der Waals surface area contributed by atoms with Gasteiger partial charge in [0.15, 0.2) is 0 Å². The third-order valence-corrected chi connectivity index (χ3v) is 2.54. The quantitative estimate of drug-likeness (QED) is 0.588. The lowest BCUT2D eigenvalue weighted by molar-refractivity contribution is -0.143. The van der Waals surface area contributed by atoms with Gasteiger partial charge in [-0.3, -0.25) is 4.55 Å². The molecular formula is C10H13NO6S. The van der Waals surface area contributed by atoms with Crippen LogP contribution >= 0.6 is 0 Å². The van der Waals surface area contributed by atoms with Gasteiger partial charge in [-0.25, -0.2) is 4.79 Å². The van der Waals surface area contributed by atoms with Gasteiger partial charge >= 0.3 is 16.4 Å². The molecule has 7 nitrogen and oxygen atoms in total. The van der Waals surface area contributed by atoms with E-state index in [-0.39, 0.29) is 5.75 Å². The highest BCUT2D eigenvalue weighted by atomic mass is 32.3. The highest BCUT2D eigenvalue weighted by molar-refractivity contribution is 7.81. The first kappa shape index (κ1) is 14.4. The molecular weight excluding hydrogens is 262 g/mol. The third-order valence-electron chi connectivity index (χ3n) is 2.14. The van der Waals surface area contributed by atoms with E-state index in [1.54, 1.807) is 7.05 Å². The van der Waals surface area contributed by atoms with Gasteiger partial charge < -0.3 is 14.2 Å². The number of ether oxygens (including phenoxy) is 1. The topological polar surface area (TPSA) is 102 Å². The number of hydrogen-bond donors (Lipinski definition) is 2. The van der Waals surface area contributed by atoms with Gasteiger partial charge in [-0.15, -0.1) is 0 Å². The fourth-order valence-corrected chi connectivity index (χ4v) is 1.73. The zero-order valence-corrected chi connectivity index (χ0v) is 10.6. The number of likely N-dealkylation sites (N-methyl/N-ethyl adjacent to an activating group) is 1. The van der Waals surface area contributed by atoms with Gasteiger partial charge in [0.25, 0.3) is 0 Å². The van der Waals surface area contributed by atoms with Crippen molar-refractivity contribution in [2.45, 2.75) is 6.04 Å². The first-order chi connectivity index (χ1) is 8.37. The van der Waals surface area contributed by atoms with E-state index in [1.807, 2.05) is 0 Å². The number of carbonyl (C=O) groups is 1. The largest absolute Gasteiger partial charge is 0.468 e. The summed E-state index contributed by atoms with van der Waals surface area (Å²) in [6.45, 7) is 0. The second-order valence-corrected chi connectivity index (χ2v) is 4.35. The summed E-state index contributed by atoms with van der Waals surface area (Å²) in [4.78, 5) is 11.4. The smallest absolute Gasteiger partial charge is 0.446 e. The van der Waals surface area contributed by atoms with E-state index in [2.05, 4.69) is 14.2 Å². The molecule has 0 aliphatic carbocycles. The van der Waals surface area contributed by atoms with Crippen molar-refractivity contribution < 1.29 is 26.7 Å². The van der Waals surface area contributed by atoms with Crippen LogP contribution in [0.1, 0.15) is 11.6 Å². The second-order valence-electron chi connectivity index (χ2n) is 3.32. The summed E-state index contributed by atoms with van der Waals surface area (Å²) in [5.74, 6) is -0.526. The molecule has 0 amide bonds. The molecule has 0 heterocycles. The number of rotatable bonds is 5. The van der Waals surface area contributed by atoms with Crippen LogP contribution in [0.25, 0.3) is 0 Å². The molecule has 1 atom stereocenters. The van der Waals surface area contributed by atoms with Crippen LogP contribution in [0.4, 0.5) is 0 Å². The number of esters is 1. The number of nitrogens with one attached hydrogen (secondary N) is 1. The molecule has 0 radical (unpaired) electrons. The Morgan fingerprint density at radius 2 is 1.89 bits per heavy atom. The third kappa shape index (κ3) is 3.99. The molecule has 1 aromatic carbocycles. The first-order valence-electron chi connectivity index (χ1n) is 4.89. The van der Waals surface area contributed by atoms with Crippen molar-refractivity contribution in [1.82, 2.24) is 5.32 Å². The molecule has 0 fully saturated rings. The van der Waals surface area contributed by atoms with Crippen molar-refractivity contribution in [3.63, 3.8) is 0 Å². The van der Waals surface area contributed by atoms with Crippen molar-refractivity contribution in [3.8, 4) is 5.75 Å². The summed E-state index contributed by atoms with van der Waals surface area (Å²) in [7, 11) is -1.69. The fourth-order valence-electron chi connectivity index (χ4n) is 1.38. The van der Waals surface area contributed by atoms with Crippen molar-refractivity contribution >= 4 is 16.4 Å². The predicted molar refractivity (Wildman–Crippen MR) is 62.4 cm³/mol. The summed E-state index contributed by atoms with van der Waals surface area (Å²) in [5.41, 5.74) is 0.576. The maximum absolute atomic E-state index is 11.4. The average Bonchev–Trinajstić information content (AvgIpc) is 2.30. The van der Waals surface area contributed by atoms with Gasteiger partial charge in [0.1, 0.15) is 11.8 Å². The second kappa shape index (κ2) is 5.80. The lowest BCUT2D eigenvalue weighted by atomic mass is 10.1. The molecule has 0 aliphatic heterocycles. The SMILES string of the molecule is CNC(C(=O)OC)c1ccc(OS(=O)(=O)O)cc1. The van der Waals surface area contributed by atoms with Gasteiger partial charge in [0, 0.05) is 0 Å². The first-order valence-corrected chi connectivity index (χ1v) is 6.26. The molecule has 0 spiro atoms. The molecule has 1 unspecified atom stereocenters. The Hall–Kier alpha value is -1.64. The minimum Gasteiger partial charge on any atom is -0.468 e. The Bertz CT molecular complexity index is 510. The van der Waals surface area contributed by atoms with E-state index in [4.69, 9.17) is 4.55 Å². The van der Waals surface area contributed by atoms with Crippen LogP contribution < -0.4 is 9.50 Å². The van der Waals surface area contributed by atoms with Crippen molar-refractivity contribution in [2.75, 3.05) is 14.2 Å². The summed E-state index contributed by atoms with van der Waals surface area (Å²) < 4.78 is 38.3. The predicted octanol–water partition coefficient (Wildman–Crippen LogP) is 0.302. The standard InChI is InChI=1S/C10H13NO6S/c1-11-9(10(12)16-2)7-3-5-8(6-4-7)17-18(13,14)15/h3-6,9,11H,1-2H3,(H,13,14,15). The number of benzene rings is 1. The van der Waals surface area contributed by atoms with E-state index >= 15 is 0 Å². The van der Waals surface area contributed by atoms with Crippen molar-refractivity contribution in [3.05, 3.63) is 29.8 Å². The molecule has 0 aromatic heterocycles. The van der Waals surface area contributed by atoms with E-state index in [0.717, 1.165) is 0 Å². The zero-order chi connectivity index (χ0) is 13.8. The van der Waals surface area contributed by atoms with E-state index in [9.17, 15) is 13.2 Å². The Morgan fingerprint density at radius 1 is 1.33 bits per heavy atom. The Morgan fingerprint density at radius 3 is 2.28 bits per heavy atom. The van der Waals surface area contributed by atoms with Crippen LogP contribution in [-0.2, 0) is 19.9 Å². The maximum Gasteiger partial charge on any atom is 0.446 e. The molecule has 18 heavy (non-hydrogen) atoms. The highest BCUT2D eigenvalue weighted by Gasteiger charge is 2.19. The van der Waals surface area contributed by atoms with E-state index < -0.39 is 22.4 Å². The van der Waals surface area contributed by atoms with E-state index in [1.165, 1.54) is 31.4 Å². The van der Waals surface area contributed by atoms with Crippen molar-refractivity contribution in [2.24, 2.45) is 0 Å². The van der Waals surface area contributed by atoms with Gasteiger partial charge in [0.05, 0.1) is 7.11 Å². The van der Waals surface area contributed by atoms with Crippen LogP contribution in [0, 0.1) is 0 Å². The van der Waals surface area contributed by atoms with Gasteiger partial charge in [-0.2, -0.15) is 8.42 Å². The van der Waals surface area contributed by atoms with E-state index in [0.29, 0.717) is 5.56 Å². The molecule has 1 rings (SSSR count). The van der Waals surface area contributed by atoms with Crippen LogP contribution in [0.3, 0.4) is 0 Å². The Labute approximate surface area is 105 Å². The molecule has 0 bridgehead atoms. The molecule has 100 valence electrons. The fraction of sp³-hybridized carbons (Fsp3) is 0.300. The molecule has 0 aliphatic rings. The molecule has 1 aromatic rings. The highest BCUT2D eigenvalue weighted by Crippen LogP contribution is 2.19. The zero-order valence-electron chi connectivity index (χ0n) is 9.78. The average molecular weight is 275 g/mol. The van der Waals surface area contributed by atoms with Crippen LogP contribution in [0.5, 0.6) is 5.75 Å².